The van der Waals surface area contributed by atoms with Crippen LogP contribution in [0.5, 0.6) is 0 Å². The monoisotopic (exact) mass is 297 g/mol. The van der Waals surface area contributed by atoms with Crippen LogP contribution in [-0.4, -0.2) is 26.5 Å². The van der Waals surface area contributed by atoms with Gasteiger partial charge in [-0.2, -0.15) is 9.78 Å². The van der Waals surface area contributed by atoms with Crippen LogP contribution in [0.25, 0.3) is 10.9 Å². The molecule has 0 unspecified atom stereocenters. The SMILES string of the molecule is CC.Cc1nc(Cl)cc2c1cnn2C(=O)OC(C)(C)C. The van der Waals surface area contributed by atoms with Crippen LogP contribution in [-0.2, 0) is 4.74 Å². The second-order valence-corrected chi connectivity index (χ2v) is 5.39. The molecule has 0 radical (unpaired) electrons. The van der Waals surface area contributed by atoms with Gasteiger partial charge in [-0.25, -0.2) is 9.78 Å². The average molecular weight is 298 g/mol. The van der Waals surface area contributed by atoms with Crippen LogP contribution in [0.2, 0.25) is 5.15 Å². The molecule has 110 valence electrons. The molecular weight excluding hydrogens is 278 g/mol. The number of pyridine rings is 1. The van der Waals surface area contributed by atoms with Gasteiger partial charge in [-0.3, -0.25) is 0 Å². The van der Waals surface area contributed by atoms with E-state index in [0.717, 1.165) is 11.1 Å². The third-order valence-electron chi connectivity index (χ3n) is 2.29. The summed E-state index contributed by atoms with van der Waals surface area (Å²) in [6, 6.07) is 1.60. The summed E-state index contributed by atoms with van der Waals surface area (Å²) in [5.41, 5.74) is 0.760. The van der Waals surface area contributed by atoms with E-state index in [1.807, 2.05) is 20.8 Å². The molecule has 0 aromatic carbocycles. The number of aryl methyl sites for hydroxylation is 1. The van der Waals surface area contributed by atoms with Gasteiger partial charge in [-0.05, 0) is 27.7 Å². The Morgan fingerprint density at radius 2 is 1.95 bits per heavy atom. The fourth-order valence-electron chi connectivity index (χ4n) is 1.59. The maximum Gasteiger partial charge on any atom is 0.435 e. The third-order valence-corrected chi connectivity index (χ3v) is 2.49. The van der Waals surface area contributed by atoms with E-state index < -0.39 is 11.7 Å². The summed E-state index contributed by atoms with van der Waals surface area (Å²) in [4.78, 5) is 16.1. The summed E-state index contributed by atoms with van der Waals surface area (Å²) in [6.45, 7) is 11.2. The highest BCUT2D eigenvalue weighted by atomic mass is 35.5. The van der Waals surface area contributed by atoms with Gasteiger partial charge < -0.3 is 4.74 Å². The van der Waals surface area contributed by atoms with E-state index in [9.17, 15) is 4.79 Å². The molecule has 0 saturated carbocycles. The molecule has 20 heavy (non-hydrogen) atoms. The van der Waals surface area contributed by atoms with E-state index in [1.54, 1.807) is 33.0 Å². The van der Waals surface area contributed by atoms with Crippen LogP contribution in [0.4, 0.5) is 4.79 Å². The number of carbonyl (C=O) groups excluding carboxylic acids is 1. The summed E-state index contributed by atoms with van der Waals surface area (Å²) < 4.78 is 6.46. The van der Waals surface area contributed by atoms with Crippen molar-refractivity contribution < 1.29 is 9.53 Å². The van der Waals surface area contributed by atoms with E-state index in [2.05, 4.69) is 10.1 Å². The molecule has 0 spiro atoms. The van der Waals surface area contributed by atoms with E-state index in [0.29, 0.717) is 10.7 Å². The van der Waals surface area contributed by atoms with Gasteiger partial charge in [0.25, 0.3) is 0 Å². The molecule has 2 heterocycles. The van der Waals surface area contributed by atoms with Crippen LogP contribution in [0.3, 0.4) is 0 Å². The van der Waals surface area contributed by atoms with Gasteiger partial charge in [0.2, 0.25) is 0 Å². The van der Waals surface area contributed by atoms with Crippen molar-refractivity contribution in [3.05, 3.63) is 23.1 Å². The molecule has 0 fully saturated rings. The number of halogens is 1. The average Bonchev–Trinajstić information content (AvgIpc) is 2.73. The van der Waals surface area contributed by atoms with Gasteiger partial charge in [-0.15, -0.1) is 0 Å². The van der Waals surface area contributed by atoms with Crippen LogP contribution < -0.4 is 0 Å². The smallest absolute Gasteiger partial charge is 0.435 e. The van der Waals surface area contributed by atoms with Gasteiger partial charge in [0.15, 0.2) is 0 Å². The zero-order valence-corrected chi connectivity index (χ0v) is 13.4. The highest BCUT2D eigenvalue weighted by Crippen LogP contribution is 2.21. The van der Waals surface area contributed by atoms with E-state index in [1.165, 1.54) is 4.68 Å². The fraction of sp³-hybridized carbons (Fsp3) is 0.500. The molecule has 2 aromatic heterocycles. The minimum Gasteiger partial charge on any atom is -0.442 e. The first-order chi connectivity index (χ1) is 9.28. The molecule has 0 bridgehead atoms. The molecule has 0 aliphatic rings. The Bertz CT molecular complexity index is 615. The predicted octanol–water partition coefficient (Wildman–Crippen LogP) is 4.20. The Kier molecular flexibility index (Phi) is 5.11. The lowest BCUT2D eigenvalue weighted by Crippen LogP contribution is -2.27. The standard InChI is InChI=1S/C12H14ClN3O2.C2H6/c1-7-8-6-14-16(9(8)5-10(13)15-7)11(17)18-12(2,3)4;1-2/h5-6H,1-4H3;1-2H3. The Morgan fingerprint density at radius 3 is 2.50 bits per heavy atom. The summed E-state index contributed by atoms with van der Waals surface area (Å²) >= 11 is 5.89. The van der Waals surface area contributed by atoms with Gasteiger partial charge in [0, 0.05) is 11.5 Å². The zero-order valence-electron chi connectivity index (χ0n) is 12.7. The summed E-state index contributed by atoms with van der Waals surface area (Å²) in [6.07, 6.45) is 1.05. The first-order valence-corrected chi connectivity index (χ1v) is 6.90. The van der Waals surface area contributed by atoms with E-state index in [4.69, 9.17) is 16.3 Å². The van der Waals surface area contributed by atoms with Crippen molar-refractivity contribution in [3.63, 3.8) is 0 Å². The van der Waals surface area contributed by atoms with E-state index in [-0.39, 0.29) is 0 Å². The third kappa shape index (κ3) is 3.70. The first-order valence-electron chi connectivity index (χ1n) is 6.52. The lowest BCUT2D eigenvalue weighted by molar-refractivity contribution is 0.0523. The minimum atomic E-state index is -0.568. The molecule has 0 amide bonds. The molecule has 2 rings (SSSR count). The highest BCUT2D eigenvalue weighted by molar-refractivity contribution is 6.30. The Morgan fingerprint density at radius 1 is 1.35 bits per heavy atom. The minimum absolute atomic E-state index is 0.324. The van der Waals surface area contributed by atoms with Crippen molar-refractivity contribution in [2.45, 2.75) is 47.1 Å². The number of carbonyl (C=O) groups is 1. The topological polar surface area (TPSA) is 57.0 Å². The second-order valence-electron chi connectivity index (χ2n) is 5.00. The predicted molar refractivity (Wildman–Crippen MR) is 80.3 cm³/mol. The van der Waals surface area contributed by atoms with Crippen molar-refractivity contribution >= 4 is 28.6 Å². The summed E-state index contributed by atoms with van der Waals surface area (Å²) in [5, 5.41) is 5.13. The fourth-order valence-corrected chi connectivity index (χ4v) is 1.82. The Hall–Kier alpha value is -1.62. The maximum atomic E-state index is 12.0. The largest absolute Gasteiger partial charge is 0.442 e. The maximum absolute atomic E-state index is 12.0. The highest BCUT2D eigenvalue weighted by Gasteiger charge is 2.20. The molecule has 0 saturated heterocycles. The number of fused-ring (bicyclic) bond motifs is 1. The molecule has 0 aliphatic carbocycles. The molecule has 0 atom stereocenters. The number of ether oxygens (including phenoxy) is 1. The Labute approximate surface area is 123 Å². The number of hydrogen-bond donors (Lipinski definition) is 0. The summed E-state index contributed by atoms with van der Waals surface area (Å²) in [5.74, 6) is 0. The summed E-state index contributed by atoms with van der Waals surface area (Å²) in [7, 11) is 0. The van der Waals surface area contributed by atoms with Gasteiger partial charge in [-0.1, -0.05) is 25.4 Å². The quantitative estimate of drug-likeness (QED) is 0.684. The van der Waals surface area contributed by atoms with Crippen LogP contribution in [0.1, 0.15) is 40.3 Å². The normalized spacial score (nSPS) is 10.9. The van der Waals surface area contributed by atoms with Gasteiger partial charge >= 0.3 is 6.09 Å². The van der Waals surface area contributed by atoms with Crippen LogP contribution >= 0.6 is 11.6 Å². The van der Waals surface area contributed by atoms with E-state index >= 15 is 0 Å². The van der Waals surface area contributed by atoms with Crippen molar-refractivity contribution in [2.75, 3.05) is 0 Å². The van der Waals surface area contributed by atoms with Crippen LogP contribution in [0, 0.1) is 6.92 Å². The number of aromatic nitrogens is 3. The molecule has 2 aromatic rings. The molecule has 6 heteroatoms. The number of rotatable bonds is 0. The lowest BCUT2D eigenvalue weighted by Gasteiger charge is -2.19. The second kappa shape index (κ2) is 6.22. The van der Waals surface area contributed by atoms with Gasteiger partial charge in [0.05, 0.1) is 17.4 Å². The van der Waals surface area contributed by atoms with Crippen molar-refractivity contribution in [1.29, 1.82) is 0 Å². The first kappa shape index (κ1) is 16.4. The molecule has 0 aliphatic heterocycles. The molecular formula is C14H20ClN3O2. The van der Waals surface area contributed by atoms with Crippen molar-refractivity contribution in [2.24, 2.45) is 0 Å². The number of hydrogen-bond acceptors (Lipinski definition) is 4. The Balaban J connectivity index is 0.000000956. The van der Waals surface area contributed by atoms with Gasteiger partial charge in [0.1, 0.15) is 10.8 Å². The van der Waals surface area contributed by atoms with Crippen LogP contribution in [0.15, 0.2) is 12.3 Å². The molecule has 0 N–H and O–H groups in total. The molecule has 5 nitrogen and oxygen atoms in total. The van der Waals surface area contributed by atoms with Crippen molar-refractivity contribution in [3.8, 4) is 0 Å². The number of nitrogens with zero attached hydrogens (tertiary/aromatic N) is 3. The lowest BCUT2D eigenvalue weighted by atomic mass is 10.2. The van der Waals surface area contributed by atoms with Crippen molar-refractivity contribution in [1.82, 2.24) is 14.8 Å². The zero-order chi connectivity index (χ0) is 15.5.